The summed E-state index contributed by atoms with van der Waals surface area (Å²) in [6.07, 6.45) is 0.689. The lowest BCUT2D eigenvalue weighted by molar-refractivity contribution is 0.102. The van der Waals surface area contributed by atoms with Gasteiger partial charge in [-0.25, -0.2) is 4.98 Å². The Kier molecular flexibility index (Phi) is 8.07. The molecule has 0 atom stereocenters. The fraction of sp³-hybridized carbons (Fsp3) is 0.318. The van der Waals surface area contributed by atoms with Gasteiger partial charge in [0.1, 0.15) is 5.75 Å². The minimum Gasteiger partial charge on any atom is -0.497 e. The summed E-state index contributed by atoms with van der Waals surface area (Å²) in [5, 5.41) is 1.08. The zero-order chi connectivity index (χ0) is 21.5. The van der Waals surface area contributed by atoms with Crippen molar-refractivity contribution in [2.24, 2.45) is 0 Å². The number of Topliss-reactive ketones (excluding diaryl/α,β-unsaturated/α-hetero) is 1. The maximum atomic E-state index is 13.1. The van der Waals surface area contributed by atoms with Crippen molar-refractivity contribution in [1.29, 1.82) is 0 Å². The molecule has 30 heavy (non-hydrogen) atoms. The van der Waals surface area contributed by atoms with Crippen molar-refractivity contribution in [2.75, 3.05) is 26.1 Å². The van der Waals surface area contributed by atoms with Crippen LogP contribution in [0.15, 0.2) is 56.9 Å². The van der Waals surface area contributed by atoms with Crippen LogP contribution in [0.2, 0.25) is 0 Å². The smallest absolute Gasteiger partial charge is 0.262 e. The Bertz CT molecular complexity index is 1080. The van der Waals surface area contributed by atoms with Gasteiger partial charge in [0, 0.05) is 29.8 Å². The standard InChI is InChI=1S/C22H23BrN2O4S/c1-3-29-12-4-11-25-21(27)18-13-16(23)7-10-19(18)24-22(25)30-14-20(26)15-5-8-17(28-2)9-6-15/h5-10,13H,3-4,11-12,14H2,1-2H3. The number of carbonyl (C=O) groups is 1. The molecule has 158 valence electrons. The zero-order valence-corrected chi connectivity index (χ0v) is 19.3. The Balaban J connectivity index is 1.85. The van der Waals surface area contributed by atoms with Crippen molar-refractivity contribution >= 4 is 44.4 Å². The lowest BCUT2D eigenvalue weighted by Crippen LogP contribution is -2.24. The third-order valence-corrected chi connectivity index (χ3v) is 5.97. The molecule has 3 aromatic rings. The van der Waals surface area contributed by atoms with Crippen LogP contribution in [0, 0.1) is 0 Å². The number of benzene rings is 2. The van der Waals surface area contributed by atoms with E-state index in [-0.39, 0.29) is 17.1 Å². The molecule has 0 amide bonds. The number of hydrogen-bond donors (Lipinski definition) is 0. The molecule has 0 saturated heterocycles. The quantitative estimate of drug-likeness (QED) is 0.179. The Morgan fingerprint density at radius 3 is 2.67 bits per heavy atom. The van der Waals surface area contributed by atoms with Gasteiger partial charge in [0.05, 0.1) is 23.8 Å². The van der Waals surface area contributed by atoms with Gasteiger partial charge >= 0.3 is 0 Å². The SMILES string of the molecule is CCOCCCn1c(SCC(=O)c2ccc(OC)cc2)nc2ccc(Br)cc2c1=O. The first-order valence-electron chi connectivity index (χ1n) is 9.61. The van der Waals surface area contributed by atoms with Crippen molar-refractivity contribution in [2.45, 2.75) is 25.0 Å². The van der Waals surface area contributed by atoms with Crippen molar-refractivity contribution < 1.29 is 14.3 Å². The number of fused-ring (bicyclic) bond motifs is 1. The molecule has 0 N–H and O–H groups in total. The summed E-state index contributed by atoms with van der Waals surface area (Å²) in [7, 11) is 1.58. The number of hydrogen-bond acceptors (Lipinski definition) is 6. The molecule has 3 rings (SSSR count). The van der Waals surface area contributed by atoms with Gasteiger partial charge < -0.3 is 9.47 Å². The van der Waals surface area contributed by atoms with E-state index in [1.165, 1.54) is 11.8 Å². The highest BCUT2D eigenvalue weighted by molar-refractivity contribution is 9.10. The molecule has 0 bridgehead atoms. The number of methoxy groups -OCH3 is 1. The van der Waals surface area contributed by atoms with Crippen LogP contribution in [-0.4, -0.2) is 41.4 Å². The maximum absolute atomic E-state index is 13.1. The Hall–Kier alpha value is -2.16. The van der Waals surface area contributed by atoms with E-state index in [0.29, 0.717) is 53.6 Å². The van der Waals surface area contributed by atoms with Crippen molar-refractivity contribution in [3.8, 4) is 5.75 Å². The van der Waals surface area contributed by atoms with Crippen molar-refractivity contribution in [3.63, 3.8) is 0 Å². The minimum absolute atomic E-state index is 0.0336. The lowest BCUT2D eigenvalue weighted by Gasteiger charge is -2.13. The highest BCUT2D eigenvalue weighted by atomic mass is 79.9. The molecule has 0 unspecified atom stereocenters. The van der Waals surface area contributed by atoms with Gasteiger partial charge in [-0.15, -0.1) is 0 Å². The van der Waals surface area contributed by atoms with E-state index < -0.39 is 0 Å². The number of carbonyl (C=O) groups excluding carboxylic acids is 1. The Labute approximate surface area is 187 Å². The van der Waals surface area contributed by atoms with Gasteiger partial charge in [-0.1, -0.05) is 27.7 Å². The van der Waals surface area contributed by atoms with E-state index in [2.05, 4.69) is 20.9 Å². The molecule has 0 saturated carbocycles. The second-order valence-corrected chi connectivity index (χ2v) is 8.36. The number of thioether (sulfide) groups is 1. The first kappa shape index (κ1) is 22.5. The lowest BCUT2D eigenvalue weighted by atomic mass is 10.1. The molecule has 0 aliphatic heterocycles. The molecular formula is C22H23BrN2O4S. The summed E-state index contributed by atoms with van der Waals surface area (Å²) in [5.41, 5.74) is 1.10. The maximum Gasteiger partial charge on any atom is 0.262 e. The van der Waals surface area contributed by atoms with Crippen LogP contribution in [-0.2, 0) is 11.3 Å². The summed E-state index contributed by atoms with van der Waals surface area (Å²) in [4.78, 5) is 30.4. The van der Waals surface area contributed by atoms with E-state index in [4.69, 9.17) is 9.47 Å². The van der Waals surface area contributed by atoms with E-state index >= 15 is 0 Å². The van der Waals surface area contributed by atoms with Crippen molar-refractivity contribution in [3.05, 3.63) is 62.9 Å². The second kappa shape index (κ2) is 10.7. The summed E-state index contributed by atoms with van der Waals surface area (Å²) < 4.78 is 13.0. The number of ketones is 1. The fourth-order valence-electron chi connectivity index (χ4n) is 2.94. The van der Waals surface area contributed by atoms with E-state index in [9.17, 15) is 9.59 Å². The highest BCUT2D eigenvalue weighted by Crippen LogP contribution is 2.22. The molecule has 0 fully saturated rings. The molecule has 8 heteroatoms. The molecule has 0 aliphatic rings. The summed E-state index contributed by atoms with van der Waals surface area (Å²) >= 11 is 4.69. The molecule has 6 nitrogen and oxygen atoms in total. The molecule has 0 radical (unpaired) electrons. The molecule has 1 aromatic heterocycles. The predicted molar refractivity (Wildman–Crippen MR) is 123 cm³/mol. The Morgan fingerprint density at radius 1 is 1.20 bits per heavy atom. The molecule has 0 spiro atoms. The van der Waals surface area contributed by atoms with Gasteiger partial charge in [0.2, 0.25) is 0 Å². The molecular weight excluding hydrogens is 468 g/mol. The Morgan fingerprint density at radius 2 is 1.97 bits per heavy atom. The monoisotopic (exact) mass is 490 g/mol. The van der Waals surface area contributed by atoms with Crippen LogP contribution >= 0.6 is 27.7 Å². The van der Waals surface area contributed by atoms with E-state index in [1.807, 2.05) is 13.0 Å². The zero-order valence-electron chi connectivity index (χ0n) is 16.9. The molecule has 1 heterocycles. The number of ether oxygens (including phenoxy) is 2. The van der Waals surface area contributed by atoms with Gasteiger partial charge in [-0.2, -0.15) is 0 Å². The van der Waals surface area contributed by atoms with E-state index in [1.54, 1.807) is 48.1 Å². The third kappa shape index (κ3) is 5.50. The third-order valence-electron chi connectivity index (χ3n) is 4.50. The van der Waals surface area contributed by atoms with Gasteiger partial charge in [-0.05, 0) is 55.8 Å². The average Bonchev–Trinajstić information content (AvgIpc) is 2.77. The summed E-state index contributed by atoms with van der Waals surface area (Å²) in [5.74, 6) is 0.852. The minimum atomic E-state index is -0.114. The predicted octanol–water partition coefficient (Wildman–Crippen LogP) is 4.57. The number of nitrogens with zero attached hydrogens (tertiary/aromatic N) is 2. The van der Waals surface area contributed by atoms with Crippen LogP contribution < -0.4 is 10.3 Å². The van der Waals surface area contributed by atoms with Gasteiger partial charge in [0.25, 0.3) is 5.56 Å². The summed E-state index contributed by atoms with van der Waals surface area (Å²) in [6.45, 7) is 3.62. The van der Waals surface area contributed by atoms with Crippen LogP contribution in [0.4, 0.5) is 0 Å². The average molecular weight is 491 g/mol. The fourth-order valence-corrected chi connectivity index (χ4v) is 4.22. The van der Waals surface area contributed by atoms with Crippen molar-refractivity contribution in [1.82, 2.24) is 9.55 Å². The van der Waals surface area contributed by atoms with E-state index in [0.717, 1.165) is 4.47 Å². The number of aromatic nitrogens is 2. The van der Waals surface area contributed by atoms with Crippen LogP contribution in [0.3, 0.4) is 0 Å². The summed E-state index contributed by atoms with van der Waals surface area (Å²) in [6, 6.07) is 12.4. The number of rotatable bonds is 10. The van der Waals surface area contributed by atoms with Crippen LogP contribution in [0.5, 0.6) is 5.75 Å². The molecule has 0 aliphatic carbocycles. The van der Waals surface area contributed by atoms with Gasteiger partial charge in [-0.3, -0.25) is 14.2 Å². The second-order valence-electron chi connectivity index (χ2n) is 6.50. The number of halogens is 1. The van der Waals surface area contributed by atoms with Crippen LogP contribution in [0.25, 0.3) is 10.9 Å². The van der Waals surface area contributed by atoms with Crippen LogP contribution in [0.1, 0.15) is 23.7 Å². The topological polar surface area (TPSA) is 70.4 Å². The normalized spacial score (nSPS) is 11.0. The highest BCUT2D eigenvalue weighted by Gasteiger charge is 2.14. The largest absolute Gasteiger partial charge is 0.497 e. The first-order chi connectivity index (χ1) is 14.5. The first-order valence-corrected chi connectivity index (χ1v) is 11.4. The van der Waals surface area contributed by atoms with Gasteiger partial charge in [0.15, 0.2) is 10.9 Å². The molecule has 2 aromatic carbocycles.